The largest absolute Gasteiger partial charge is 0.454 e. The van der Waals surface area contributed by atoms with Crippen LogP contribution in [-0.2, 0) is 13.1 Å². The van der Waals surface area contributed by atoms with Crippen LogP contribution in [0.5, 0.6) is 11.5 Å². The van der Waals surface area contributed by atoms with Gasteiger partial charge in [-0.2, -0.15) is 0 Å². The van der Waals surface area contributed by atoms with Crippen molar-refractivity contribution in [3.05, 3.63) is 54.4 Å². The Labute approximate surface area is 145 Å². The van der Waals surface area contributed by atoms with Crippen molar-refractivity contribution in [1.82, 2.24) is 14.9 Å². The van der Waals surface area contributed by atoms with Gasteiger partial charge in [0.05, 0.1) is 6.54 Å². The van der Waals surface area contributed by atoms with Crippen molar-refractivity contribution in [2.45, 2.75) is 13.1 Å². The molecule has 0 radical (unpaired) electrons. The van der Waals surface area contributed by atoms with Crippen LogP contribution in [0.25, 0.3) is 11.3 Å². The van der Waals surface area contributed by atoms with Crippen molar-refractivity contribution in [1.29, 1.82) is 0 Å². The van der Waals surface area contributed by atoms with E-state index in [4.69, 9.17) is 14.5 Å². The van der Waals surface area contributed by atoms with E-state index in [-0.39, 0.29) is 6.79 Å². The molecule has 0 saturated heterocycles. The van der Waals surface area contributed by atoms with Gasteiger partial charge in [0.1, 0.15) is 17.3 Å². The van der Waals surface area contributed by atoms with Crippen LogP contribution in [0.15, 0.2) is 48.5 Å². The number of nitrogens with one attached hydrogen (secondary N) is 2. The Morgan fingerprint density at radius 1 is 1.04 bits per heavy atom. The topological polar surface area (TPSA) is 60.3 Å². The summed E-state index contributed by atoms with van der Waals surface area (Å²) in [5.74, 6) is 3.62. The molecule has 1 aromatic heterocycles. The molecule has 0 bridgehead atoms. The molecular formula is C19H18N4O2. The summed E-state index contributed by atoms with van der Waals surface area (Å²) >= 11 is 0. The molecule has 2 N–H and O–H groups in total. The molecule has 126 valence electrons. The van der Waals surface area contributed by atoms with E-state index < -0.39 is 0 Å². The zero-order chi connectivity index (χ0) is 16.6. The maximum atomic E-state index is 5.49. The van der Waals surface area contributed by atoms with Crippen LogP contribution in [0.2, 0.25) is 0 Å². The molecule has 0 saturated carbocycles. The molecule has 0 spiro atoms. The lowest BCUT2D eigenvalue weighted by Gasteiger charge is -2.18. The van der Waals surface area contributed by atoms with Crippen molar-refractivity contribution in [2.24, 2.45) is 0 Å². The average molecular weight is 334 g/mol. The SMILES string of the molecule is c1ccc(-c2nc3n(c2Nc2ccc4c(c2)OCO4)CCNC3)cc1. The Morgan fingerprint density at radius 2 is 1.92 bits per heavy atom. The maximum absolute atomic E-state index is 5.49. The molecule has 0 fully saturated rings. The molecule has 0 amide bonds. The molecule has 0 unspecified atom stereocenters. The Morgan fingerprint density at radius 3 is 2.84 bits per heavy atom. The van der Waals surface area contributed by atoms with Crippen LogP contribution >= 0.6 is 0 Å². The fourth-order valence-corrected chi connectivity index (χ4v) is 3.30. The summed E-state index contributed by atoms with van der Waals surface area (Å²) in [5.41, 5.74) is 3.03. The predicted octanol–water partition coefficient (Wildman–Crippen LogP) is 3.13. The van der Waals surface area contributed by atoms with Crippen molar-refractivity contribution >= 4 is 11.5 Å². The summed E-state index contributed by atoms with van der Waals surface area (Å²) in [4.78, 5) is 4.87. The molecule has 3 heterocycles. The van der Waals surface area contributed by atoms with Crippen LogP contribution in [-0.4, -0.2) is 22.9 Å². The summed E-state index contributed by atoms with van der Waals surface area (Å²) in [7, 11) is 0. The van der Waals surface area contributed by atoms with E-state index in [0.717, 1.165) is 59.7 Å². The minimum Gasteiger partial charge on any atom is -0.454 e. The second-order valence-corrected chi connectivity index (χ2v) is 6.11. The van der Waals surface area contributed by atoms with E-state index in [1.807, 2.05) is 36.4 Å². The molecule has 6 nitrogen and oxygen atoms in total. The van der Waals surface area contributed by atoms with Gasteiger partial charge in [-0.1, -0.05) is 30.3 Å². The lowest BCUT2D eigenvalue weighted by Crippen LogP contribution is -2.28. The molecule has 6 heteroatoms. The number of imidazole rings is 1. The van der Waals surface area contributed by atoms with E-state index in [0.29, 0.717) is 0 Å². The molecule has 25 heavy (non-hydrogen) atoms. The Kier molecular flexibility index (Phi) is 3.34. The van der Waals surface area contributed by atoms with Gasteiger partial charge in [0, 0.05) is 30.4 Å². The first-order valence-corrected chi connectivity index (χ1v) is 8.41. The second-order valence-electron chi connectivity index (χ2n) is 6.11. The quantitative estimate of drug-likeness (QED) is 0.771. The Hall–Kier alpha value is -2.99. The Bertz CT molecular complexity index is 921. The zero-order valence-corrected chi connectivity index (χ0v) is 13.7. The lowest BCUT2D eigenvalue weighted by molar-refractivity contribution is 0.174. The van der Waals surface area contributed by atoms with E-state index in [1.54, 1.807) is 0 Å². The van der Waals surface area contributed by atoms with Gasteiger partial charge >= 0.3 is 0 Å². The van der Waals surface area contributed by atoms with E-state index in [9.17, 15) is 0 Å². The fourth-order valence-electron chi connectivity index (χ4n) is 3.30. The highest BCUT2D eigenvalue weighted by molar-refractivity contribution is 5.77. The van der Waals surface area contributed by atoms with Crippen LogP contribution in [0.3, 0.4) is 0 Å². The fraction of sp³-hybridized carbons (Fsp3) is 0.211. The van der Waals surface area contributed by atoms with Crippen molar-refractivity contribution in [3.8, 4) is 22.8 Å². The highest BCUT2D eigenvalue weighted by Gasteiger charge is 2.21. The van der Waals surface area contributed by atoms with Crippen molar-refractivity contribution in [2.75, 3.05) is 18.7 Å². The van der Waals surface area contributed by atoms with Gasteiger partial charge in [0.2, 0.25) is 6.79 Å². The first-order valence-electron chi connectivity index (χ1n) is 8.41. The van der Waals surface area contributed by atoms with E-state index in [1.165, 1.54) is 0 Å². The summed E-state index contributed by atoms with van der Waals surface area (Å²) in [6.07, 6.45) is 0. The number of fused-ring (bicyclic) bond motifs is 2. The third kappa shape index (κ3) is 2.51. The lowest BCUT2D eigenvalue weighted by atomic mass is 10.1. The summed E-state index contributed by atoms with van der Waals surface area (Å²) in [6.45, 7) is 2.89. The normalized spacial score (nSPS) is 15.0. The van der Waals surface area contributed by atoms with Crippen molar-refractivity contribution in [3.63, 3.8) is 0 Å². The van der Waals surface area contributed by atoms with Gasteiger partial charge in [-0.3, -0.25) is 0 Å². The summed E-state index contributed by atoms with van der Waals surface area (Å²) in [5, 5.41) is 6.93. The molecule has 5 rings (SSSR count). The van der Waals surface area contributed by atoms with Gasteiger partial charge in [-0.05, 0) is 12.1 Å². The monoisotopic (exact) mass is 334 g/mol. The maximum Gasteiger partial charge on any atom is 0.231 e. The van der Waals surface area contributed by atoms with Crippen LogP contribution in [0.1, 0.15) is 5.82 Å². The molecule has 2 aliphatic rings. The molecule has 2 aromatic carbocycles. The van der Waals surface area contributed by atoms with Gasteiger partial charge in [-0.15, -0.1) is 0 Å². The van der Waals surface area contributed by atoms with Crippen LogP contribution in [0, 0.1) is 0 Å². The molecule has 0 aliphatic carbocycles. The smallest absolute Gasteiger partial charge is 0.231 e. The number of benzene rings is 2. The number of ether oxygens (including phenoxy) is 2. The first-order chi connectivity index (χ1) is 12.4. The molecule has 0 atom stereocenters. The number of anilines is 2. The summed E-state index contributed by atoms with van der Waals surface area (Å²) < 4.78 is 13.1. The minimum atomic E-state index is 0.280. The van der Waals surface area contributed by atoms with Gasteiger partial charge in [-0.25, -0.2) is 4.98 Å². The minimum absolute atomic E-state index is 0.280. The number of nitrogens with zero attached hydrogens (tertiary/aromatic N) is 2. The van der Waals surface area contributed by atoms with E-state index >= 15 is 0 Å². The number of hydrogen-bond acceptors (Lipinski definition) is 5. The highest BCUT2D eigenvalue weighted by Crippen LogP contribution is 2.37. The highest BCUT2D eigenvalue weighted by atomic mass is 16.7. The Balaban J connectivity index is 1.58. The number of rotatable bonds is 3. The molecular weight excluding hydrogens is 316 g/mol. The second kappa shape index (κ2) is 5.82. The van der Waals surface area contributed by atoms with Crippen LogP contribution in [0.4, 0.5) is 11.5 Å². The van der Waals surface area contributed by atoms with Crippen molar-refractivity contribution < 1.29 is 9.47 Å². The van der Waals surface area contributed by atoms with E-state index in [2.05, 4.69) is 27.3 Å². The molecule has 2 aliphatic heterocycles. The third-order valence-corrected chi connectivity index (χ3v) is 4.52. The standard InChI is InChI=1S/C19H18N4O2/c1-2-4-13(5-3-1)18-19(23-9-8-20-11-17(23)22-18)21-14-6-7-15-16(10-14)25-12-24-15/h1-7,10,20-21H,8-9,11-12H2. The molecule has 3 aromatic rings. The average Bonchev–Trinajstić information content (AvgIpc) is 3.27. The summed E-state index contributed by atoms with van der Waals surface area (Å²) in [6, 6.07) is 16.2. The van der Waals surface area contributed by atoms with Gasteiger partial charge in [0.25, 0.3) is 0 Å². The van der Waals surface area contributed by atoms with Gasteiger partial charge < -0.3 is 24.7 Å². The first kappa shape index (κ1) is 14.4. The third-order valence-electron chi connectivity index (χ3n) is 4.52. The number of aromatic nitrogens is 2. The van der Waals surface area contributed by atoms with Crippen LogP contribution < -0.4 is 20.1 Å². The zero-order valence-electron chi connectivity index (χ0n) is 13.7. The number of hydrogen-bond donors (Lipinski definition) is 2. The predicted molar refractivity (Wildman–Crippen MR) is 95.2 cm³/mol. The van der Waals surface area contributed by atoms with Gasteiger partial charge in [0.15, 0.2) is 11.5 Å².